The van der Waals surface area contributed by atoms with Crippen LogP contribution in [0.25, 0.3) is 0 Å². The number of nitrogens with zero attached hydrogens (tertiary/aromatic N) is 1. The summed E-state index contributed by atoms with van der Waals surface area (Å²) in [4.78, 5) is 13.8. The van der Waals surface area contributed by atoms with Crippen molar-refractivity contribution in [1.29, 1.82) is 0 Å². The highest BCUT2D eigenvalue weighted by Gasteiger charge is 2.42. The number of hydrogen-bond acceptors (Lipinski definition) is 3. The van der Waals surface area contributed by atoms with Gasteiger partial charge in [-0.25, -0.2) is 0 Å². The van der Waals surface area contributed by atoms with Crippen LogP contribution in [0.1, 0.15) is 25.3 Å². The van der Waals surface area contributed by atoms with E-state index in [2.05, 4.69) is 0 Å². The van der Waals surface area contributed by atoms with Crippen molar-refractivity contribution in [2.45, 2.75) is 31.8 Å². The molecule has 0 saturated carbocycles. The van der Waals surface area contributed by atoms with Gasteiger partial charge in [-0.15, -0.1) is 0 Å². The fraction of sp³-hybridized carbons (Fsp3) is 0.533. The second kappa shape index (κ2) is 5.61. The molecule has 4 heteroatoms. The van der Waals surface area contributed by atoms with Gasteiger partial charge >= 0.3 is 0 Å². The second-order valence-electron chi connectivity index (χ2n) is 5.21. The number of carbonyl (C=O) groups is 1. The summed E-state index contributed by atoms with van der Waals surface area (Å²) in [5.74, 6) is 0.783. The molecule has 1 aliphatic rings. The molecule has 4 nitrogen and oxygen atoms in total. The molecule has 0 aliphatic carbocycles. The number of methoxy groups -OCH3 is 1. The molecule has 1 fully saturated rings. The molecule has 1 N–H and O–H groups in total. The molecule has 0 spiro atoms. The van der Waals surface area contributed by atoms with Gasteiger partial charge in [-0.05, 0) is 12.5 Å². The summed E-state index contributed by atoms with van der Waals surface area (Å²) in [6, 6.07) is 7.53. The molecule has 2 rings (SSSR count). The Labute approximate surface area is 114 Å². The monoisotopic (exact) mass is 263 g/mol. The normalized spacial score (nSPS) is 16.9. The van der Waals surface area contributed by atoms with Crippen molar-refractivity contribution < 1.29 is 14.6 Å². The average molecular weight is 263 g/mol. The minimum absolute atomic E-state index is 0.0466. The predicted molar refractivity (Wildman–Crippen MR) is 73.1 cm³/mol. The molecule has 104 valence electrons. The van der Waals surface area contributed by atoms with E-state index in [0.29, 0.717) is 19.5 Å². The maximum absolute atomic E-state index is 12.1. The molecule has 19 heavy (non-hydrogen) atoms. The Balaban J connectivity index is 1.93. The highest BCUT2D eigenvalue weighted by Crippen LogP contribution is 2.27. The Hall–Kier alpha value is -1.55. The molecule has 0 atom stereocenters. The van der Waals surface area contributed by atoms with E-state index in [9.17, 15) is 9.90 Å². The number of likely N-dealkylation sites (tertiary alicyclic amines) is 1. The molecule has 1 heterocycles. The van der Waals surface area contributed by atoms with Crippen LogP contribution >= 0.6 is 0 Å². The molecule has 0 unspecified atom stereocenters. The van der Waals surface area contributed by atoms with E-state index in [-0.39, 0.29) is 5.91 Å². The van der Waals surface area contributed by atoms with Crippen LogP contribution in [0.5, 0.6) is 5.75 Å². The van der Waals surface area contributed by atoms with E-state index in [1.807, 2.05) is 31.2 Å². The summed E-state index contributed by atoms with van der Waals surface area (Å²) in [6.07, 6.45) is 2.02. The zero-order valence-electron chi connectivity index (χ0n) is 11.6. The average Bonchev–Trinajstić information content (AvgIpc) is 2.36. The van der Waals surface area contributed by atoms with Crippen LogP contribution in [0.2, 0.25) is 0 Å². The summed E-state index contributed by atoms with van der Waals surface area (Å²) >= 11 is 0. The van der Waals surface area contributed by atoms with Gasteiger partial charge in [-0.1, -0.05) is 31.5 Å². The third-order valence-electron chi connectivity index (χ3n) is 3.57. The zero-order valence-corrected chi connectivity index (χ0v) is 11.6. The third-order valence-corrected chi connectivity index (χ3v) is 3.57. The smallest absolute Gasteiger partial charge is 0.227 e. The van der Waals surface area contributed by atoms with Crippen LogP contribution in [-0.4, -0.2) is 41.7 Å². The van der Waals surface area contributed by atoms with E-state index in [0.717, 1.165) is 24.2 Å². The van der Waals surface area contributed by atoms with Crippen molar-refractivity contribution in [2.24, 2.45) is 0 Å². The number of rotatable bonds is 5. The summed E-state index contributed by atoms with van der Waals surface area (Å²) in [6.45, 7) is 2.95. The molecule has 0 radical (unpaired) electrons. The number of ether oxygens (including phenoxy) is 1. The lowest BCUT2D eigenvalue weighted by molar-refractivity contribution is -0.155. The maximum Gasteiger partial charge on any atom is 0.227 e. The largest absolute Gasteiger partial charge is 0.496 e. The fourth-order valence-electron chi connectivity index (χ4n) is 2.59. The van der Waals surface area contributed by atoms with Gasteiger partial charge in [0, 0.05) is 5.56 Å². The van der Waals surface area contributed by atoms with Gasteiger partial charge in [0.2, 0.25) is 5.91 Å². The van der Waals surface area contributed by atoms with Crippen LogP contribution in [0.3, 0.4) is 0 Å². The Morgan fingerprint density at radius 1 is 1.42 bits per heavy atom. The second-order valence-corrected chi connectivity index (χ2v) is 5.21. The van der Waals surface area contributed by atoms with Crippen molar-refractivity contribution in [2.75, 3.05) is 20.2 Å². The Morgan fingerprint density at radius 3 is 2.74 bits per heavy atom. The minimum Gasteiger partial charge on any atom is -0.496 e. The lowest BCUT2D eigenvalue weighted by Gasteiger charge is -2.46. The van der Waals surface area contributed by atoms with Gasteiger partial charge in [-0.2, -0.15) is 0 Å². The summed E-state index contributed by atoms with van der Waals surface area (Å²) in [5.41, 5.74) is 0.228. The topological polar surface area (TPSA) is 49.8 Å². The molecule has 1 aromatic carbocycles. The van der Waals surface area contributed by atoms with E-state index in [1.54, 1.807) is 12.0 Å². The lowest BCUT2D eigenvalue weighted by atomic mass is 9.89. The first-order valence-electron chi connectivity index (χ1n) is 6.70. The first-order valence-corrected chi connectivity index (χ1v) is 6.70. The standard InChI is InChI=1S/C15H21NO3/c1-3-8-15(18)10-16(11-15)14(17)9-12-6-4-5-7-13(12)19-2/h4-7,18H,3,8-11H2,1-2H3. The highest BCUT2D eigenvalue weighted by molar-refractivity contribution is 5.80. The van der Waals surface area contributed by atoms with Crippen LogP contribution in [-0.2, 0) is 11.2 Å². The summed E-state index contributed by atoms with van der Waals surface area (Å²) < 4.78 is 5.24. The van der Waals surface area contributed by atoms with Crippen LogP contribution in [0, 0.1) is 0 Å². The first-order chi connectivity index (χ1) is 9.08. The number of para-hydroxylation sites is 1. The number of β-amino-alcohol motifs (C(OH)–C–C–N with tert-alkyl or cyclic N) is 1. The van der Waals surface area contributed by atoms with Crippen molar-refractivity contribution >= 4 is 5.91 Å². The quantitative estimate of drug-likeness (QED) is 0.878. The molecule has 1 saturated heterocycles. The van der Waals surface area contributed by atoms with Crippen LogP contribution in [0.15, 0.2) is 24.3 Å². The molecule has 1 amide bonds. The fourth-order valence-corrected chi connectivity index (χ4v) is 2.59. The van der Waals surface area contributed by atoms with E-state index in [4.69, 9.17) is 4.74 Å². The molecule has 0 aromatic heterocycles. The van der Waals surface area contributed by atoms with Crippen molar-refractivity contribution in [1.82, 2.24) is 4.90 Å². The highest BCUT2D eigenvalue weighted by atomic mass is 16.5. The number of aliphatic hydroxyl groups is 1. The molecule has 0 bridgehead atoms. The minimum atomic E-state index is -0.662. The molecular formula is C15H21NO3. The number of benzene rings is 1. The van der Waals surface area contributed by atoms with Crippen LogP contribution in [0.4, 0.5) is 0 Å². The molecule has 1 aromatic rings. The van der Waals surface area contributed by atoms with Gasteiger partial charge in [0.1, 0.15) is 5.75 Å². The van der Waals surface area contributed by atoms with Crippen molar-refractivity contribution in [3.8, 4) is 5.75 Å². The number of amides is 1. The lowest BCUT2D eigenvalue weighted by Crippen LogP contribution is -2.63. The maximum atomic E-state index is 12.1. The van der Waals surface area contributed by atoms with Gasteiger partial charge < -0.3 is 14.7 Å². The Bertz CT molecular complexity index is 452. The number of carbonyl (C=O) groups excluding carboxylic acids is 1. The van der Waals surface area contributed by atoms with Crippen LogP contribution < -0.4 is 4.74 Å². The van der Waals surface area contributed by atoms with E-state index in [1.165, 1.54) is 0 Å². The van der Waals surface area contributed by atoms with E-state index >= 15 is 0 Å². The predicted octanol–water partition coefficient (Wildman–Crippen LogP) is 1.61. The van der Waals surface area contributed by atoms with Crippen molar-refractivity contribution in [3.63, 3.8) is 0 Å². The van der Waals surface area contributed by atoms with Gasteiger partial charge in [0.25, 0.3) is 0 Å². The number of hydrogen-bond donors (Lipinski definition) is 1. The molecule has 1 aliphatic heterocycles. The third kappa shape index (κ3) is 3.07. The van der Waals surface area contributed by atoms with E-state index < -0.39 is 5.60 Å². The van der Waals surface area contributed by atoms with Crippen molar-refractivity contribution in [3.05, 3.63) is 29.8 Å². The zero-order chi connectivity index (χ0) is 13.9. The summed E-state index contributed by atoms with van der Waals surface area (Å²) in [7, 11) is 1.60. The summed E-state index contributed by atoms with van der Waals surface area (Å²) in [5, 5.41) is 10.1. The van der Waals surface area contributed by atoms with Gasteiger partial charge in [0.05, 0.1) is 32.2 Å². The van der Waals surface area contributed by atoms with Gasteiger partial charge in [0.15, 0.2) is 0 Å². The molecular weight excluding hydrogens is 242 g/mol. The Kier molecular flexibility index (Phi) is 4.10. The first kappa shape index (κ1) is 13.9. The Morgan fingerprint density at radius 2 is 2.11 bits per heavy atom. The SMILES string of the molecule is CCCC1(O)CN(C(=O)Cc2ccccc2OC)C1. The van der Waals surface area contributed by atoms with Gasteiger partial charge in [-0.3, -0.25) is 4.79 Å².